The van der Waals surface area contributed by atoms with E-state index in [1.807, 2.05) is 46.2 Å². The van der Waals surface area contributed by atoms with Crippen molar-refractivity contribution in [1.29, 1.82) is 0 Å². The van der Waals surface area contributed by atoms with Gasteiger partial charge in [0.1, 0.15) is 12.7 Å². The molecule has 4 aliphatic rings. The zero-order chi connectivity index (χ0) is 37.8. The third-order valence-electron chi connectivity index (χ3n) is 12.4. The molecule has 56 heavy (non-hydrogen) atoms. The van der Waals surface area contributed by atoms with Crippen molar-refractivity contribution in [3.8, 4) is 23.2 Å². The maximum atomic E-state index is 15.4. The number of aromatic nitrogens is 8. The van der Waals surface area contributed by atoms with Crippen molar-refractivity contribution in [1.82, 2.24) is 58.8 Å². The average Bonchev–Trinajstić information content (AvgIpc) is 4.08. The molecule has 2 amide bonds. The second kappa shape index (κ2) is 14.7. The molecule has 6 unspecified atom stereocenters. The molecule has 0 aliphatic carbocycles. The van der Waals surface area contributed by atoms with Gasteiger partial charge in [0.2, 0.25) is 11.6 Å². The fourth-order valence-electron chi connectivity index (χ4n) is 9.51. The minimum absolute atomic E-state index is 0.0992. The summed E-state index contributed by atoms with van der Waals surface area (Å²) in [5.74, 6) is 2.10. The van der Waals surface area contributed by atoms with Gasteiger partial charge in [0, 0.05) is 49.4 Å². The Bertz CT molecular complexity index is 2120. The van der Waals surface area contributed by atoms with Crippen LogP contribution in [0.4, 0.5) is 4.79 Å². The standard InChI is InChI=1S/C39H48N14O3/c40-25-21-50(31(19-29(25)48-11-3-1-4-12-48)27-17-35-44-37(33-9-7-15-55-33)46-52(35)23-42-27)39(54)51-22-26(41)30(49-13-5-2-6-14-49)20-32(51)28-18-36-45-38(34-10-8-16-56-34)47-53(36)24-43-28/h7-10,15-18,23-26,29-32H,1-6,11-14,19-22,40-41H2. The molecule has 0 saturated carbocycles. The topological polar surface area (TPSA) is 195 Å². The molecule has 10 heterocycles. The Morgan fingerprint density at radius 1 is 0.643 bits per heavy atom. The van der Waals surface area contributed by atoms with E-state index in [-0.39, 0.29) is 42.3 Å². The quantitative estimate of drug-likeness (QED) is 0.250. The fourth-order valence-corrected chi connectivity index (χ4v) is 9.51. The number of rotatable bonds is 6. The fraction of sp³-hybridized carbons (Fsp3) is 0.513. The summed E-state index contributed by atoms with van der Waals surface area (Å²) in [6.07, 6.45) is 14.9. The molecule has 17 nitrogen and oxygen atoms in total. The highest BCUT2D eigenvalue weighted by Gasteiger charge is 2.46. The number of furan rings is 2. The number of hydrogen-bond acceptors (Lipinski definition) is 13. The molecule has 0 spiro atoms. The summed E-state index contributed by atoms with van der Waals surface area (Å²) in [5, 5.41) is 9.19. The van der Waals surface area contributed by atoms with Gasteiger partial charge in [-0.25, -0.2) is 33.8 Å². The van der Waals surface area contributed by atoms with E-state index in [1.165, 1.54) is 12.8 Å². The predicted molar refractivity (Wildman–Crippen MR) is 205 cm³/mol. The van der Waals surface area contributed by atoms with Crippen LogP contribution in [0.5, 0.6) is 0 Å². The third-order valence-corrected chi connectivity index (χ3v) is 12.4. The molecule has 6 aromatic rings. The van der Waals surface area contributed by atoms with Gasteiger partial charge >= 0.3 is 6.03 Å². The largest absolute Gasteiger partial charge is 0.461 e. The van der Waals surface area contributed by atoms with Crippen LogP contribution in [0, 0.1) is 0 Å². The number of piperidine rings is 4. The molecule has 4 saturated heterocycles. The van der Waals surface area contributed by atoms with Crippen LogP contribution >= 0.6 is 0 Å². The molecule has 10 rings (SSSR count). The highest BCUT2D eigenvalue weighted by atomic mass is 16.3. The number of likely N-dealkylation sites (tertiary alicyclic amines) is 4. The Kier molecular flexibility index (Phi) is 9.23. The van der Waals surface area contributed by atoms with E-state index >= 15 is 4.79 Å². The van der Waals surface area contributed by atoms with Crippen LogP contribution in [0.3, 0.4) is 0 Å². The highest BCUT2D eigenvalue weighted by Crippen LogP contribution is 2.39. The lowest BCUT2D eigenvalue weighted by molar-refractivity contribution is 0.0164. The van der Waals surface area contributed by atoms with E-state index in [9.17, 15) is 0 Å². The van der Waals surface area contributed by atoms with Crippen molar-refractivity contribution in [3.63, 3.8) is 0 Å². The molecule has 0 aromatic carbocycles. The van der Waals surface area contributed by atoms with Gasteiger partial charge in [-0.1, -0.05) is 12.8 Å². The Labute approximate surface area is 323 Å². The van der Waals surface area contributed by atoms with Crippen molar-refractivity contribution < 1.29 is 13.6 Å². The van der Waals surface area contributed by atoms with Crippen LogP contribution in [-0.4, -0.2) is 128 Å². The number of hydrogen-bond donors (Lipinski definition) is 2. The number of urea groups is 1. The summed E-state index contributed by atoms with van der Waals surface area (Å²) in [4.78, 5) is 43.7. The Morgan fingerprint density at radius 2 is 1.09 bits per heavy atom. The first-order chi connectivity index (χ1) is 27.5. The first-order valence-corrected chi connectivity index (χ1v) is 20.1. The van der Waals surface area contributed by atoms with Gasteiger partial charge in [0.25, 0.3) is 0 Å². The first-order valence-electron chi connectivity index (χ1n) is 20.1. The summed E-state index contributed by atoms with van der Waals surface area (Å²) < 4.78 is 14.5. The Hall–Kier alpha value is -5.23. The van der Waals surface area contributed by atoms with Gasteiger partial charge in [-0.2, -0.15) is 0 Å². The minimum atomic E-state index is -0.359. The highest BCUT2D eigenvalue weighted by molar-refractivity contribution is 5.76. The lowest BCUT2D eigenvalue weighted by atomic mass is 9.87. The van der Waals surface area contributed by atoms with Gasteiger partial charge in [-0.05, 0) is 89.0 Å². The molecular formula is C39H48N14O3. The molecule has 4 fully saturated rings. The lowest BCUT2D eigenvalue weighted by Gasteiger charge is -2.51. The van der Waals surface area contributed by atoms with E-state index < -0.39 is 0 Å². The van der Waals surface area contributed by atoms with Gasteiger partial charge in [-0.15, -0.1) is 10.2 Å². The Morgan fingerprint density at radius 3 is 1.50 bits per heavy atom. The minimum Gasteiger partial charge on any atom is -0.461 e. The third kappa shape index (κ3) is 6.51. The van der Waals surface area contributed by atoms with E-state index in [0.29, 0.717) is 60.4 Å². The number of fused-ring (bicyclic) bond motifs is 2. The number of amides is 2. The molecule has 0 radical (unpaired) electrons. The normalized spacial score (nSPS) is 27.0. The summed E-state index contributed by atoms with van der Waals surface area (Å²) in [7, 11) is 0. The molecule has 4 aliphatic heterocycles. The van der Waals surface area contributed by atoms with Crippen LogP contribution in [0.25, 0.3) is 34.5 Å². The number of nitrogens with zero attached hydrogens (tertiary/aromatic N) is 12. The molecule has 0 bridgehead atoms. The molecular weight excluding hydrogens is 713 g/mol. The van der Waals surface area contributed by atoms with Crippen LogP contribution in [0.15, 0.2) is 70.4 Å². The summed E-state index contributed by atoms with van der Waals surface area (Å²) in [5.41, 5.74) is 16.9. The van der Waals surface area contributed by atoms with E-state index in [4.69, 9.17) is 40.2 Å². The number of nitrogens with two attached hydrogens (primary N) is 2. The second-order valence-corrected chi connectivity index (χ2v) is 15.8. The monoisotopic (exact) mass is 760 g/mol. The van der Waals surface area contributed by atoms with Crippen molar-refractivity contribution in [2.75, 3.05) is 39.3 Å². The summed E-state index contributed by atoms with van der Waals surface area (Å²) >= 11 is 0. The van der Waals surface area contributed by atoms with Crippen LogP contribution in [0.2, 0.25) is 0 Å². The second-order valence-electron chi connectivity index (χ2n) is 15.8. The Balaban J connectivity index is 1.02. The van der Waals surface area contributed by atoms with Crippen molar-refractivity contribution in [3.05, 3.63) is 73.0 Å². The maximum absolute atomic E-state index is 15.4. The van der Waals surface area contributed by atoms with Crippen molar-refractivity contribution >= 4 is 17.3 Å². The smallest absolute Gasteiger partial charge is 0.321 e. The average molecular weight is 761 g/mol. The number of carbonyl (C=O) groups is 1. The van der Waals surface area contributed by atoms with Gasteiger partial charge in [0.15, 0.2) is 22.8 Å². The molecule has 17 heteroatoms. The zero-order valence-corrected chi connectivity index (χ0v) is 31.4. The van der Waals surface area contributed by atoms with Gasteiger partial charge in [0.05, 0.1) is 36.0 Å². The van der Waals surface area contributed by atoms with Crippen molar-refractivity contribution in [2.24, 2.45) is 11.5 Å². The van der Waals surface area contributed by atoms with E-state index in [2.05, 4.69) is 20.0 Å². The lowest BCUT2D eigenvalue weighted by Crippen LogP contribution is -2.65. The van der Waals surface area contributed by atoms with Crippen LogP contribution in [-0.2, 0) is 0 Å². The maximum Gasteiger partial charge on any atom is 0.321 e. The molecule has 6 atom stereocenters. The van der Waals surface area contributed by atoms with Crippen LogP contribution < -0.4 is 11.5 Å². The van der Waals surface area contributed by atoms with Crippen molar-refractivity contribution in [2.45, 2.75) is 87.6 Å². The molecule has 292 valence electrons. The van der Waals surface area contributed by atoms with Crippen LogP contribution in [0.1, 0.15) is 74.8 Å². The SMILES string of the molecule is NC1CN(C(=O)N2CC(N)C(N3CCCCC3)CC2c2cc3nc(-c4ccco4)nn3cn2)C(c2cc3nc(-c4ccco4)nn3cn2)CC1N1CCCCC1. The van der Waals surface area contributed by atoms with E-state index in [0.717, 1.165) is 63.3 Å². The molecule has 4 N–H and O–H groups in total. The summed E-state index contributed by atoms with van der Waals surface area (Å²) in [6, 6.07) is 10.1. The number of carbonyl (C=O) groups excluding carboxylic acids is 1. The molecule has 6 aromatic heterocycles. The van der Waals surface area contributed by atoms with Gasteiger partial charge in [-0.3, -0.25) is 9.80 Å². The zero-order valence-electron chi connectivity index (χ0n) is 31.4. The van der Waals surface area contributed by atoms with Gasteiger partial charge < -0.3 is 30.1 Å². The predicted octanol–water partition coefficient (Wildman–Crippen LogP) is 3.76. The first kappa shape index (κ1) is 35.2. The van der Waals surface area contributed by atoms with E-state index in [1.54, 1.807) is 34.2 Å². The summed E-state index contributed by atoms with van der Waals surface area (Å²) in [6.45, 7) is 4.75.